The lowest BCUT2D eigenvalue weighted by molar-refractivity contribution is -0.693. The van der Waals surface area contributed by atoms with Crippen molar-refractivity contribution in [2.75, 3.05) is 11.9 Å². The predicted molar refractivity (Wildman–Crippen MR) is 98.0 cm³/mol. The van der Waals surface area contributed by atoms with Crippen LogP contribution in [0, 0.1) is 10.1 Å². The Labute approximate surface area is 151 Å². The van der Waals surface area contributed by atoms with Gasteiger partial charge in [0.25, 0.3) is 5.69 Å². The summed E-state index contributed by atoms with van der Waals surface area (Å²) < 4.78 is 9.63. The monoisotopic (exact) mass is 353 g/mol. The fourth-order valence-electron chi connectivity index (χ4n) is 2.60. The van der Waals surface area contributed by atoms with Gasteiger partial charge in [-0.2, -0.15) is 0 Å². The van der Waals surface area contributed by atoms with Gasteiger partial charge in [-0.1, -0.05) is 30.3 Å². The quantitative estimate of drug-likeness (QED) is 0.384. The first-order chi connectivity index (χ1) is 12.6. The van der Waals surface area contributed by atoms with Gasteiger partial charge in [-0.25, -0.2) is 9.13 Å². The topological polar surface area (TPSA) is 73.2 Å². The maximum Gasteiger partial charge on any atom is 0.296 e. The number of nitrogens with one attached hydrogen (secondary N) is 1. The van der Waals surface area contributed by atoms with E-state index >= 15 is 0 Å². The molecule has 7 nitrogen and oxygen atoms in total. The number of imidazole rings is 1. The van der Waals surface area contributed by atoms with Gasteiger partial charge in [0.15, 0.2) is 0 Å². The van der Waals surface area contributed by atoms with Gasteiger partial charge in [-0.05, 0) is 17.7 Å². The molecule has 3 aromatic rings. The highest BCUT2D eigenvalue weighted by Gasteiger charge is 2.15. The third kappa shape index (κ3) is 4.60. The largest absolute Gasteiger partial charge is 0.489 e. The van der Waals surface area contributed by atoms with Crippen molar-refractivity contribution in [2.24, 2.45) is 7.05 Å². The summed E-state index contributed by atoms with van der Waals surface area (Å²) in [6, 6.07) is 14.6. The Bertz CT molecular complexity index is 878. The molecule has 3 rings (SSSR count). The van der Waals surface area contributed by atoms with Gasteiger partial charge in [0, 0.05) is 0 Å². The molecule has 1 heterocycles. The van der Waals surface area contributed by atoms with E-state index in [1.807, 2.05) is 65.2 Å². The Morgan fingerprint density at radius 2 is 2.04 bits per heavy atom. The highest BCUT2D eigenvalue weighted by atomic mass is 16.6. The number of aromatic nitrogens is 2. The van der Waals surface area contributed by atoms with Gasteiger partial charge in [-0.15, -0.1) is 0 Å². The summed E-state index contributed by atoms with van der Waals surface area (Å²) in [6.07, 6.45) is 5.86. The molecule has 1 aromatic heterocycles. The summed E-state index contributed by atoms with van der Waals surface area (Å²) in [4.78, 5) is 11.0. The van der Waals surface area contributed by atoms with Crippen LogP contribution in [-0.2, 0) is 20.2 Å². The van der Waals surface area contributed by atoms with Crippen LogP contribution in [0.3, 0.4) is 0 Å². The van der Waals surface area contributed by atoms with Crippen LogP contribution in [0.25, 0.3) is 0 Å². The molecule has 0 radical (unpaired) electrons. The van der Waals surface area contributed by atoms with E-state index in [4.69, 9.17) is 4.74 Å². The first-order valence-corrected chi connectivity index (χ1v) is 8.32. The van der Waals surface area contributed by atoms with Crippen LogP contribution < -0.4 is 14.6 Å². The molecule has 0 aliphatic carbocycles. The minimum Gasteiger partial charge on any atom is -0.489 e. The van der Waals surface area contributed by atoms with Crippen molar-refractivity contribution in [1.29, 1.82) is 0 Å². The van der Waals surface area contributed by atoms with E-state index in [0.29, 0.717) is 31.1 Å². The van der Waals surface area contributed by atoms with Crippen LogP contribution in [-0.4, -0.2) is 16.0 Å². The number of hydrogen-bond donors (Lipinski definition) is 1. The molecular weight excluding hydrogens is 332 g/mol. The number of benzene rings is 2. The molecule has 7 heteroatoms. The maximum atomic E-state index is 11.4. The van der Waals surface area contributed by atoms with E-state index in [-0.39, 0.29) is 5.69 Å². The Hall–Kier alpha value is -3.35. The molecule has 0 saturated heterocycles. The minimum absolute atomic E-state index is 0.00798. The molecule has 0 bridgehead atoms. The second-order valence-corrected chi connectivity index (χ2v) is 5.95. The van der Waals surface area contributed by atoms with Gasteiger partial charge >= 0.3 is 0 Å². The molecular formula is C19H21N4O3+. The van der Waals surface area contributed by atoms with Gasteiger partial charge in [0.1, 0.15) is 37.0 Å². The van der Waals surface area contributed by atoms with Crippen LogP contribution in [0.2, 0.25) is 0 Å². The lowest BCUT2D eigenvalue weighted by Gasteiger charge is -2.09. The summed E-state index contributed by atoms with van der Waals surface area (Å²) in [5.74, 6) is 0.475. The van der Waals surface area contributed by atoms with Crippen LogP contribution >= 0.6 is 0 Å². The first kappa shape index (κ1) is 17.5. The van der Waals surface area contributed by atoms with Crippen molar-refractivity contribution in [2.45, 2.75) is 13.2 Å². The van der Waals surface area contributed by atoms with E-state index in [2.05, 4.69) is 5.32 Å². The molecule has 0 aliphatic rings. The number of hydrogen-bond acceptors (Lipinski definition) is 4. The van der Waals surface area contributed by atoms with Crippen LogP contribution in [0.4, 0.5) is 11.4 Å². The zero-order chi connectivity index (χ0) is 18.4. The van der Waals surface area contributed by atoms with Crippen molar-refractivity contribution < 1.29 is 14.2 Å². The van der Waals surface area contributed by atoms with Gasteiger partial charge in [-0.3, -0.25) is 10.1 Å². The van der Waals surface area contributed by atoms with Gasteiger partial charge in [0.05, 0.1) is 24.6 Å². The molecule has 0 fully saturated rings. The summed E-state index contributed by atoms with van der Waals surface area (Å²) in [5.41, 5.74) is 1.50. The summed E-state index contributed by atoms with van der Waals surface area (Å²) >= 11 is 0. The third-order valence-electron chi connectivity index (χ3n) is 3.92. The van der Waals surface area contributed by atoms with Gasteiger partial charge in [0.2, 0.25) is 6.33 Å². The zero-order valence-corrected chi connectivity index (χ0v) is 14.5. The standard InChI is InChI=1S/C19H21N4O3/c1-21-11-12-22(15-21)10-9-20-18-8-7-17(13-19(18)23(24)25)26-14-16-5-3-2-4-6-16/h2-8,11-13,15,20H,9-10,14H2,1H3/q+1. The molecule has 0 saturated carbocycles. The summed E-state index contributed by atoms with van der Waals surface area (Å²) in [7, 11) is 1.95. The Morgan fingerprint density at radius 3 is 2.73 bits per heavy atom. The fraction of sp³-hybridized carbons (Fsp3) is 0.211. The first-order valence-electron chi connectivity index (χ1n) is 8.32. The summed E-state index contributed by atoms with van der Waals surface area (Å²) in [6.45, 7) is 1.67. The van der Waals surface area contributed by atoms with Crippen molar-refractivity contribution >= 4 is 11.4 Å². The number of rotatable bonds is 8. The van der Waals surface area contributed by atoms with E-state index in [9.17, 15) is 10.1 Å². The number of anilines is 1. The maximum absolute atomic E-state index is 11.4. The Balaban J connectivity index is 1.63. The number of nitrogens with zero attached hydrogens (tertiary/aromatic N) is 3. The number of aryl methyl sites for hydroxylation is 1. The molecule has 0 amide bonds. The lowest BCUT2D eigenvalue weighted by Crippen LogP contribution is -2.34. The number of ether oxygens (including phenoxy) is 1. The Kier molecular flexibility index (Phi) is 5.48. The number of nitro groups is 1. The second-order valence-electron chi connectivity index (χ2n) is 5.95. The fourth-order valence-corrected chi connectivity index (χ4v) is 2.60. The van der Waals surface area contributed by atoms with Crippen molar-refractivity contribution in [3.05, 3.63) is 82.9 Å². The van der Waals surface area contributed by atoms with E-state index in [1.54, 1.807) is 12.1 Å². The average molecular weight is 353 g/mol. The number of nitro benzene ring substituents is 1. The van der Waals surface area contributed by atoms with Gasteiger partial charge < -0.3 is 10.1 Å². The highest BCUT2D eigenvalue weighted by molar-refractivity contribution is 5.63. The van der Waals surface area contributed by atoms with Crippen molar-refractivity contribution in [3.8, 4) is 5.75 Å². The molecule has 0 atom stereocenters. The SMILES string of the molecule is Cn1cc[n+](CCNc2ccc(OCc3ccccc3)cc2[N+](=O)[O-])c1. The molecule has 134 valence electrons. The lowest BCUT2D eigenvalue weighted by atomic mass is 10.2. The predicted octanol–water partition coefficient (Wildman–Crippen LogP) is 2.91. The molecule has 2 aromatic carbocycles. The normalized spacial score (nSPS) is 10.5. The third-order valence-corrected chi connectivity index (χ3v) is 3.92. The van der Waals surface area contributed by atoms with Crippen LogP contribution in [0.1, 0.15) is 5.56 Å². The molecule has 1 N–H and O–H groups in total. The zero-order valence-electron chi connectivity index (χ0n) is 14.5. The van der Waals surface area contributed by atoms with Crippen molar-refractivity contribution in [1.82, 2.24) is 4.57 Å². The average Bonchev–Trinajstić information content (AvgIpc) is 3.06. The smallest absolute Gasteiger partial charge is 0.296 e. The Morgan fingerprint density at radius 1 is 1.23 bits per heavy atom. The van der Waals surface area contributed by atoms with E-state index in [0.717, 1.165) is 5.56 Å². The summed E-state index contributed by atoms with van der Waals surface area (Å²) in [5, 5.41) is 14.5. The van der Waals surface area contributed by atoms with Crippen LogP contribution in [0.5, 0.6) is 5.75 Å². The minimum atomic E-state index is -0.395. The molecule has 0 spiro atoms. The van der Waals surface area contributed by atoms with Crippen molar-refractivity contribution in [3.63, 3.8) is 0 Å². The van der Waals surface area contributed by atoms with E-state index in [1.165, 1.54) is 6.07 Å². The molecule has 0 aliphatic heterocycles. The molecule has 0 unspecified atom stereocenters. The van der Waals surface area contributed by atoms with E-state index < -0.39 is 4.92 Å². The second kappa shape index (κ2) is 8.15. The molecule has 26 heavy (non-hydrogen) atoms. The highest BCUT2D eigenvalue weighted by Crippen LogP contribution is 2.29. The van der Waals surface area contributed by atoms with Crippen LogP contribution in [0.15, 0.2) is 67.3 Å².